The monoisotopic (exact) mass is 310 g/mol. The third-order valence-corrected chi connectivity index (χ3v) is 6.67. The normalized spacial score (nSPS) is 23.5. The van der Waals surface area contributed by atoms with E-state index in [0.29, 0.717) is 11.4 Å². The minimum Gasteiger partial charge on any atom is -0.330 e. The van der Waals surface area contributed by atoms with Crippen molar-refractivity contribution in [1.82, 2.24) is 4.31 Å². The lowest BCUT2D eigenvalue weighted by atomic mass is 9.85. The maximum Gasteiger partial charge on any atom is 0.243 e. The summed E-state index contributed by atoms with van der Waals surface area (Å²) in [7, 11) is -1.75. The molecule has 2 N–H and O–H groups in total. The number of rotatable bonds is 4. The van der Waals surface area contributed by atoms with Crippen LogP contribution in [0.4, 0.5) is 0 Å². The second kappa shape index (κ2) is 6.46. The molecule has 0 aromatic heterocycles. The molecule has 2 atom stereocenters. The van der Waals surface area contributed by atoms with Crippen LogP contribution in [0.1, 0.15) is 36.8 Å². The van der Waals surface area contributed by atoms with Crippen molar-refractivity contribution in [3.05, 3.63) is 29.3 Å². The number of nitrogens with two attached hydrogens (primary N) is 1. The van der Waals surface area contributed by atoms with Crippen molar-refractivity contribution in [1.29, 1.82) is 0 Å². The summed E-state index contributed by atoms with van der Waals surface area (Å²) in [5, 5.41) is 0. The Labute approximate surface area is 128 Å². The molecule has 0 bridgehead atoms. The largest absolute Gasteiger partial charge is 0.330 e. The molecule has 0 radical (unpaired) electrons. The van der Waals surface area contributed by atoms with E-state index in [4.69, 9.17) is 5.73 Å². The van der Waals surface area contributed by atoms with Crippen molar-refractivity contribution in [2.75, 3.05) is 13.6 Å². The Morgan fingerprint density at radius 2 is 1.90 bits per heavy atom. The molecule has 1 saturated carbocycles. The van der Waals surface area contributed by atoms with Gasteiger partial charge in [-0.05, 0) is 50.8 Å². The predicted octanol–water partition coefficient (Wildman–Crippen LogP) is 2.44. The smallest absolute Gasteiger partial charge is 0.243 e. The van der Waals surface area contributed by atoms with Gasteiger partial charge in [0, 0.05) is 13.1 Å². The predicted molar refractivity (Wildman–Crippen MR) is 85.7 cm³/mol. The first-order valence-corrected chi connectivity index (χ1v) is 9.07. The van der Waals surface area contributed by atoms with Gasteiger partial charge < -0.3 is 5.73 Å². The molecule has 0 spiro atoms. The third-order valence-electron chi connectivity index (χ3n) is 4.63. The van der Waals surface area contributed by atoms with Crippen molar-refractivity contribution in [2.24, 2.45) is 11.7 Å². The molecule has 1 aliphatic rings. The molecule has 1 fully saturated rings. The molecule has 0 heterocycles. The van der Waals surface area contributed by atoms with Gasteiger partial charge in [-0.3, -0.25) is 0 Å². The summed E-state index contributed by atoms with van der Waals surface area (Å²) in [5.41, 5.74) is 7.72. The summed E-state index contributed by atoms with van der Waals surface area (Å²) in [6, 6.07) is 5.52. The van der Waals surface area contributed by atoms with E-state index in [1.807, 2.05) is 26.0 Å². The first-order chi connectivity index (χ1) is 9.87. The summed E-state index contributed by atoms with van der Waals surface area (Å²) in [5.74, 6) is 0.268. The lowest BCUT2D eigenvalue weighted by molar-refractivity contribution is 0.204. The molecule has 5 heteroatoms. The average Bonchev–Trinajstić information content (AvgIpc) is 2.46. The van der Waals surface area contributed by atoms with Gasteiger partial charge in [0.25, 0.3) is 0 Å². The van der Waals surface area contributed by atoms with Gasteiger partial charge in [0.05, 0.1) is 4.90 Å². The molecule has 2 rings (SSSR count). The fourth-order valence-corrected chi connectivity index (χ4v) is 5.01. The molecule has 0 saturated heterocycles. The fourth-order valence-electron chi connectivity index (χ4n) is 3.36. The molecule has 1 aromatic carbocycles. The van der Waals surface area contributed by atoms with Crippen molar-refractivity contribution >= 4 is 10.0 Å². The van der Waals surface area contributed by atoms with Gasteiger partial charge in [0.15, 0.2) is 0 Å². The van der Waals surface area contributed by atoms with Crippen molar-refractivity contribution in [2.45, 2.75) is 50.5 Å². The van der Waals surface area contributed by atoms with Gasteiger partial charge in [0.2, 0.25) is 10.0 Å². The number of hydrogen-bond acceptors (Lipinski definition) is 3. The molecule has 0 aliphatic heterocycles. The maximum atomic E-state index is 12.9. The number of nitrogens with zero attached hydrogens (tertiary/aromatic N) is 1. The van der Waals surface area contributed by atoms with Gasteiger partial charge >= 0.3 is 0 Å². The first kappa shape index (κ1) is 16.5. The lowest BCUT2D eigenvalue weighted by Gasteiger charge is -2.37. The maximum absolute atomic E-state index is 12.9. The van der Waals surface area contributed by atoms with E-state index in [2.05, 4.69) is 0 Å². The highest BCUT2D eigenvalue weighted by Gasteiger charge is 2.34. The Hall–Kier alpha value is -0.910. The van der Waals surface area contributed by atoms with Crippen LogP contribution in [0.25, 0.3) is 0 Å². The lowest BCUT2D eigenvalue weighted by Crippen LogP contribution is -2.45. The molecule has 4 nitrogen and oxygen atoms in total. The van der Waals surface area contributed by atoms with E-state index in [1.165, 1.54) is 0 Å². The Kier molecular flexibility index (Phi) is 5.07. The van der Waals surface area contributed by atoms with Crippen molar-refractivity contribution in [3.63, 3.8) is 0 Å². The molecule has 2 unspecified atom stereocenters. The van der Waals surface area contributed by atoms with Crippen LogP contribution in [0.2, 0.25) is 0 Å². The van der Waals surface area contributed by atoms with Crippen LogP contribution >= 0.6 is 0 Å². The number of benzene rings is 1. The Morgan fingerprint density at radius 3 is 2.52 bits per heavy atom. The van der Waals surface area contributed by atoms with E-state index < -0.39 is 10.0 Å². The Balaban J connectivity index is 2.33. The van der Waals surface area contributed by atoms with Gasteiger partial charge in [0.1, 0.15) is 0 Å². The van der Waals surface area contributed by atoms with Gasteiger partial charge in [-0.25, -0.2) is 8.42 Å². The van der Waals surface area contributed by atoms with Crippen LogP contribution in [-0.2, 0) is 10.0 Å². The summed E-state index contributed by atoms with van der Waals surface area (Å²) >= 11 is 0. The summed E-state index contributed by atoms with van der Waals surface area (Å²) in [4.78, 5) is 0.414. The Bertz CT molecular complexity index is 598. The van der Waals surface area contributed by atoms with Crippen LogP contribution in [0, 0.1) is 19.8 Å². The molecular weight excluding hydrogens is 284 g/mol. The number of hydrogen-bond donors (Lipinski definition) is 1. The second-order valence-corrected chi connectivity index (χ2v) is 8.10. The van der Waals surface area contributed by atoms with Gasteiger partial charge in [-0.2, -0.15) is 4.31 Å². The molecule has 118 valence electrons. The highest BCUT2D eigenvalue weighted by atomic mass is 32.2. The number of sulfonamides is 1. The van der Waals surface area contributed by atoms with Gasteiger partial charge in [-0.15, -0.1) is 0 Å². The van der Waals surface area contributed by atoms with E-state index in [-0.39, 0.29) is 12.0 Å². The SMILES string of the molecule is Cc1ccc(S(=O)(=O)N(C)C2CCCCC2CN)c(C)c1. The van der Waals surface area contributed by atoms with E-state index in [0.717, 1.165) is 36.8 Å². The molecule has 1 aromatic rings. The molecule has 0 amide bonds. The van der Waals surface area contributed by atoms with Crippen LogP contribution in [-0.4, -0.2) is 32.4 Å². The zero-order valence-corrected chi connectivity index (χ0v) is 14.0. The number of aryl methyl sites for hydroxylation is 2. The third kappa shape index (κ3) is 3.30. The zero-order chi connectivity index (χ0) is 15.6. The van der Waals surface area contributed by atoms with Crippen LogP contribution in [0.5, 0.6) is 0 Å². The fraction of sp³-hybridized carbons (Fsp3) is 0.625. The standard InChI is InChI=1S/C16H26N2O2S/c1-12-8-9-16(13(2)10-12)21(19,20)18(3)15-7-5-4-6-14(15)11-17/h8-10,14-15H,4-7,11,17H2,1-3H3. The topological polar surface area (TPSA) is 63.4 Å². The van der Waals surface area contributed by atoms with E-state index in [1.54, 1.807) is 17.4 Å². The highest BCUT2D eigenvalue weighted by molar-refractivity contribution is 7.89. The minimum atomic E-state index is -3.45. The molecule has 21 heavy (non-hydrogen) atoms. The van der Waals surface area contributed by atoms with Crippen LogP contribution in [0.15, 0.2) is 23.1 Å². The Morgan fingerprint density at radius 1 is 1.24 bits per heavy atom. The molecular formula is C16H26N2O2S. The second-order valence-electron chi connectivity index (χ2n) is 6.14. The zero-order valence-electron chi connectivity index (χ0n) is 13.2. The minimum absolute atomic E-state index is 0.0226. The summed E-state index contributed by atoms with van der Waals surface area (Å²) in [6.45, 7) is 4.38. The summed E-state index contributed by atoms with van der Waals surface area (Å²) < 4.78 is 27.4. The van der Waals surface area contributed by atoms with Crippen LogP contribution < -0.4 is 5.73 Å². The van der Waals surface area contributed by atoms with Crippen molar-refractivity contribution in [3.8, 4) is 0 Å². The van der Waals surface area contributed by atoms with Crippen molar-refractivity contribution < 1.29 is 8.42 Å². The van der Waals surface area contributed by atoms with E-state index in [9.17, 15) is 8.42 Å². The summed E-state index contributed by atoms with van der Waals surface area (Å²) in [6.07, 6.45) is 4.15. The van der Waals surface area contributed by atoms with Crippen LogP contribution in [0.3, 0.4) is 0 Å². The highest BCUT2D eigenvalue weighted by Crippen LogP contribution is 2.31. The average molecular weight is 310 g/mol. The quantitative estimate of drug-likeness (QED) is 0.929. The van der Waals surface area contributed by atoms with Gasteiger partial charge in [-0.1, -0.05) is 30.5 Å². The molecule has 1 aliphatic carbocycles. The first-order valence-electron chi connectivity index (χ1n) is 7.63. The van der Waals surface area contributed by atoms with E-state index >= 15 is 0 Å².